The van der Waals surface area contributed by atoms with Gasteiger partial charge in [0.15, 0.2) is 0 Å². The van der Waals surface area contributed by atoms with E-state index in [0.717, 1.165) is 15.4 Å². The molecule has 1 N–H and O–H groups in total. The molecule has 7 heteroatoms. The molecule has 0 saturated carbocycles. The summed E-state index contributed by atoms with van der Waals surface area (Å²) in [6.45, 7) is 3.16. The van der Waals surface area contributed by atoms with E-state index < -0.39 is 10.0 Å². The molecule has 0 atom stereocenters. The minimum atomic E-state index is -3.67. The van der Waals surface area contributed by atoms with Crippen molar-refractivity contribution < 1.29 is 17.9 Å². The van der Waals surface area contributed by atoms with Crippen molar-refractivity contribution in [1.29, 1.82) is 0 Å². The molecule has 0 heterocycles. The third-order valence-electron chi connectivity index (χ3n) is 3.99. The molecule has 0 aliphatic rings. The first-order valence-corrected chi connectivity index (χ1v) is 10.2. The van der Waals surface area contributed by atoms with Gasteiger partial charge in [0.2, 0.25) is 15.9 Å². The predicted molar refractivity (Wildman–Crippen MR) is 105 cm³/mol. The topological polar surface area (TPSA) is 75.7 Å². The van der Waals surface area contributed by atoms with Gasteiger partial charge in [-0.1, -0.05) is 48.0 Å². The van der Waals surface area contributed by atoms with E-state index in [4.69, 9.17) is 4.74 Å². The lowest BCUT2D eigenvalue weighted by atomic mass is 10.2. The first kappa shape index (κ1) is 21.1. The Kier molecular flexibility index (Phi) is 7.97. The van der Waals surface area contributed by atoms with E-state index in [1.54, 1.807) is 24.3 Å². The average Bonchev–Trinajstić information content (AvgIpc) is 2.65. The number of benzene rings is 2. The summed E-state index contributed by atoms with van der Waals surface area (Å²) in [6, 6.07) is 16.4. The SMILES string of the molecule is Cc1ccc(S(=O)(=O)N(C)CC(=O)NCCCOCc2ccccc2)cc1. The first-order chi connectivity index (χ1) is 12.9. The van der Waals surface area contributed by atoms with Gasteiger partial charge in [-0.05, 0) is 31.0 Å². The lowest BCUT2D eigenvalue weighted by molar-refractivity contribution is -0.121. The molecule has 0 spiro atoms. The zero-order chi connectivity index (χ0) is 19.7. The van der Waals surface area contributed by atoms with E-state index in [1.807, 2.05) is 37.3 Å². The van der Waals surface area contributed by atoms with Crippen molar-refractivity contribution >= 4 is 15.9 Å². The summed E-state index contributed by atoms with van der Waals surface area (Å²) < 4.78 is 31.5. The molecule has 146 valence electrons. The van der Waals surface area contributed by atoms with Crippen LogP contribution in [0.25, 0.3) is 0 Å². The number of ether oxygens (including phenoxy) is 1. The molecular formula is C20H26N2O4S. The number of carbonyl (C=O) groups excluding carboxylic acids is 1. The van der Waals surface area contributed by atoms with Gasteiger partial charge in [-0.15, -0.1) is 0 Å². The minimum Gasteiger partial charge on any atom is -0.377 e. The maximum absolute atomic E-state index is 12.5. The molecule has 0 bridgehead atoms. The van der Waals surface area contributed by atoms with Gasteiger partial charge >= 0.3 is 0 Å². The molecule has 1 amide bonds. The smallest absolute Gasteiger partial charge is 0.243 e. The third-order valence-corrected chi connectivity index (χ3v) is 5.81. The fourth-order valence-corrected chi connectivity index (χ4v) is 3.53. The molecule has 0 radical (unpaired) electrons. The van der Waals surface area contributed by atoms with Crippen LogP contribution in [0.1, 0.15) is 17.5 Å². The number of nitrogens with one attached hydrogen (secondary N) is 1. The number of hydrogen-bond acceptors (Lipinski definition) is 4. The highest BCUT2D eigenvalue weighted by Gasteiger charge is 2.22. The average molecular weight is 391 g/mol. The fraction of sp³-hybridized carbons (Fsp3) is 0.350. The van der Waals surface area contributed by atoms with Crippen LogP contribution in [0.5, 0.6) is 0 Å². The second-order valence-corrected chi connectivity index (χ2v) is 8.36. The van der Waals surface area contributed by atoms with Crippen LogP contribution in [-0.4, -0.2) is 45.4 Å². The summed E-state index contributed by atoms with van der Waals surface area (Å²) in [7, 11) is -2.27. The Morgan fingerprint density at radius 3 is 2.41 bits per heavy atom. The first-order valence-electron chi connectivity index (χ1n) is 8.81. The van der Waals surface area contributed by atoms with Crippen LogP contribution in [0.4, 0.5) is 0 Å². The van der Waals surface area contributed by atoms with Crippen molar-refractivity contribution in [3.05, 3.63) is 65.7 Å². The summed E-state index contributed by atoms with van der Waals surface area (Å²) >= 11 is 0. The van der Waals surface area contributed by atoms with Gasteiger partial charge in [0.1, 0.15) is 0 Å². The van der Waals surface area contributed by atoms with Crippen molar-refractivity contribution in [2.45, 2.75) is 24.8 Å². The van der Waals surface area contributed by atoms with Crippen molar-refractivity contribution in [1.82, 2.24) is 9.62 Å². The van der Waals surface area contributed by atoms with E-state index in [0.29, 0.717) is 26.2 Å². The minimum absolute atomic E-state index is 0.178. The number of carbonyl (C=O) groups is 1. The van der Waals surface area contributed by atoms with Crippen LogP contribution < -0.4 is 5.32 Å². The summed E-state index contributed by atoms with van der Waals surface area (Å²) in [5.74, 6) is -0.337. The quantitative estimate of drug-likeness (QED) is 0.632. The van der Waals surface area contributed by atoms with E-state index in [2.05, 4.69) is 5.32 Å². The van der Waals surface area contributed by atoms with Crippen molar-refractivity contribution in [2.75, 3.05) is 26.7 Å². The maximum atomic E-state index is 12.5. The molecule has 6 nitrogen and oxygen atoms in total. The van der Waals surface area contributed by atoms with Gasteiger partial charge < -0.3 is 10.1 Å². The molecule has 2 aromatic carbocycles. The number of amides is 1. The maximum Gasteiger partial charge on any atom is 0.243 e. The predicted octanol–water partition coefficient (Wildman–Crippen LogP) is 2.34. The standard InChI is InChI=1S/C20H26N2O4S/c1-17-9-11-19(12-10-17)27(24,25)22(2)15-20(23)21-13-6-14-26-16-18-7-4-3-5-8-18/h3-5,7-12H,6,13-16H2,1-2H3,(H,21,23). The Morgan fingerprint density at radius 1 is 1.07 bits per heavy atom. The zero-order valence-electron chi connectivity index (χ0n) is 15.7. The summed E-state index contributed by atoms with van der Waals surface area (Å²) in [5, 5.41) is 2.72. The molecule has 2 aromatic rings. The van der Waals surface area contributed by atoms with Gasteiger partial charge in [0.05, 0.1) is 18.0 Å². The second kappa shape index (κ2) is 10.2. The largest absolute Gasteiger partial charge is 0.377 e. The summed E-state index contributed by atoms with van der Waals surface area (Å²) in [6.07, 6.45) is 0.660. The van der Waals surface area contributed by atoms with Gasteiger partial charge in [-0.2, -0.15) is 4.31 Å². The van der Waals surface area contributed by atoms with Crippen LogP contribution in [0, 0.1) is 6.92 Å². The highest BCUT2D eigenvalue weighted by molar-refractivity contribution is 7.89. The normalized spacial score (nSPS) is 11.5. The van der Waals surface area contributed by atoms with Gasteiger partial charge in [-0.25, -0.2) is 8.42 Å². The Balaban J connectivity index is 1.68. The monoisotopic (exact) mass is 390 g/mol. The van der Waals surface area contributed by atoms with Gasteiger partial charge in [-0.3, -0.25) is 4.79 Å². The van der Waals surface area contributed by atoms with E-state index in [9.17, 15) is 13.2 Å². The lowest BCUT2D eigenvalue weighted by Crippen LogP contribution is -2.38. The van der Waals surface area contributed by atoms with Crippen LogP contribution in [0.3, 0.4) is 0 Å². The molecule has 0 aliphatic heterocycles. The van der Waals surface area contributed by atoms with Crippen LogP contribution in [0.15, 0.2) is 59.5 Å². The van der Waals surface area contributed by atoms with Gasteiger partial charge in [0.25, 0.3) is 0 Å². The fourth-order valence-electron chi connectivity index (χ4n) is 2.40. The number of nitrogens with zero attached hydrogens (tertiary/aromatic N) is 1. The molecule has 27 heavy (non-hydrogen) atoms. The zero-order valence-corrected chi connectivity index (χ0v) is 16.5. The Labute approximate surface area is 161 Å². The van der Waals surface area contributed by atoms with Crippen molar-refractivity contribution in [2.24, 2.45) is 0 Å². The van der Waals surface area contributed by atoms with Crippen LogP contribution >= 0.6 is 0 Å². The highest BCUT2D eigenvalue weighted by Crippen LogP contribution is 2.14. The number of sulfonamides is 1. The molecule has 0 aliphatic carbocycles. The Bertz CT molecular complexity index is 821. The van der Waals surface area contributed by atoms with Gasteiger partial charge in [0, 0.05) is 20.2 Å². The van der Waals surface area contributed by atoms with E-state index in [-0.39, 0.29) is 17.3 Å². The van der Waals surface area contributed by atoms with Crippen molar-refractivity contribution in [3.63, 3.8) is 0 Å². The number of hydrogen-bond donors (Lipinski definition) is 1. The lowest BCUT2D eigenvalue weighted by Gasteiger charge is -2.17. The van der Waals surface area contributed by atoms with E-state index >= 15 is 0 Å². The summed E-state index contributed by atoms with van der Waals surface area (Å²) in [4.78, 5) is 12.2. The molecule has 0 saturated heterocycles. The Morgan fingerprint density at radius 2 is 1.74 bits per heavy atom. The number of likely N-dealkylation sites (N-methyl/N-ethyl adjacent to an activating group) is 1. The summed E-state index contributed by atoms with van der Waals surface area (Å²) in [5.41, 5.74) is 2.08. The van der Waals surface area contributed by atoms with Crippen LogP contribution in [0.2, 0.25) is 0 Å². The number of aryl methyl sites for hydroxylation is 1. The second-order valence-electron chi connectivity index (χ2n) is 6.32. The third kappa shape index (κ3) is 6.78. The number of rotatable bonds is 10. The molecule has 2 rings (SSSR count). The highest BCUT2D eigenvalue weighted by atomic mass is 32.2. The molecule has 0 fully saturated rings. The molecule has 0 aromatic heterocycles. The van der Waals surface area contributed by atoms with Crippen LogP contribution in [-0.2, 0) is 26.2 Å². The Hall–Kier alpha value is -2.22. The van der Waals surface area contributed by atoms with Crippen molar-refractivity contribution in [3.8, 4) is 0 Å². The molecular weight excluding hydrogens is 364 g/mol. The molecule has 0 unspecified atom stereocenters. The van der Waals surface area contributed by atoms with E-state index in [1.165, 1.54) is 7.05 Å².